The predicted molar refractivity (Wildman–Crippen MR) is 53.9 cm³/mol. The Morgan fingerprint density at radius 1 is 1.15 bits per heavy atom. The molecule has 1 rings (SSSR count). The summed E-state index contributed by atoms with van der Waals surface area (Å²) >= 11 is 0. The number of hydroxylamine groups is 1. The van der Waals surface area contributed by atoms with Gasteiger partial charge in [0.2, 0.25) is 0 Å². The number of benzene rings is 1. The third-order valence-corrected chi connectivity index (χ3v) is 2.12. The Kier molecular flexibility index (Phi) is 4.50. The lowest BCUT2D eigenvalue weighted by molar-refractivity contribution is 0.165. The molecule has 2 heteroatoms. The van der Waals surface area contributed by atoms with Gasteiger partial charge in [-0.05, 0) is 31.7 Å². The van der Waals surface area contributed by atoms with E-state index in [1.165, 1.54) is 11.1 Å². The van der Waals surface area contributed by atoms with Crippen LogP contribution < -0.4 is 5.48 Å². The van der Waals surface area contributed by atoms with Gasteiger partial charge in [0.1, 0.15) is 0 Å². The van der Waals surface area contributed by atoms with Crippen LogP contribution in [0.1, 0.15) is 24.0 Å². The number of nitrogens with one attached hydrogen (secondary N) is 1. The first-order valence-electron chi connectivity index (χ1n) is 4.75. The molecule has 0 saturated carbocycles. The minimum absolute atomic E-state index is 0.686. The predicted octanol–water partition coefficient (Wildman–Crippen LogP) is 2.30. The van der Waals surface area contributed by atoms with Gasteiger partial charge >= 0.3 is 0 Å². The van der Waals surface area contributed by atoms with Crippen LogP contribution in [0.2, 0.25) is 0 Å². The summed E-state index contributed by atoms with van der Waals surface area (Å²) in [4.78, 5) is 0. The Bertz CT molecular complexity index is 230. The second kappa shape index (κ2) is 5.73. The fraction of sp³-hybridized carbons (Fsp3) is 0.455. The SMILES string of the molecule is Cc1ccc(CCCCNO)cc1. The van der Waals surface area contributed by atoms with Gasteiger partial charge in [-0.3, -0.25) is 0 Å². The van der Waals surface area contributed by atoms with E-state index in [0.717, 1.165) is 19.3 Å². The van der Waals surface area contributed by atoms with Gasteiger partial charge < -0.3 is 5.21 Å². The second-order valence-corrected chi connectivity index (χ2v) is 3.35. The number of aryl methyl sites for hydroxylation is 2. The van der Waals surface area contributed by atoms with Crippen molar-refractivity contribution >= 4 is 0 Å². The molecule has 0 aliphatic heterocycles. The molecule has 0 amide bonds. The van der Waals surface area contributed by atoms with Gasteiger partial charge in [0.25, 0.3) is 0 Å². The van der Waals surface area contributed by atoms with Gasteiger partial charge in [0.05, 0.1) is 0 Å². The summed E-state index contributed by atoms with van der Waals surface area (Å²) in [6.07, 6.45) is 3.24. The smallest absolute Gasteiger partial charge is 0.0207 e. The number of hydrogen-bond donors (Lipinski definition) is 2. The van der Waals surface area contributed by atoms with Crippen molar-refractivity contribution in [3.8, 4) is 0 Å². The minimum Gasteiger partial charge on any atom is -0.317 e. The molecule has 13 heavy (non-hydrogen) atoms. The summed E-state index contributed by atoms with van der Waals surface area (Å²) in [5.74, 6) is 0. The molecule has 0 fully saturated rings. The normalized spacial score (nSPS) is 10.3. The largest absolute Gasteiger partial charge is 0.317 e. The molecule has 0 radical (unpaired) electrons. The fourth-order valence-corrected chi connectivity index (χ4v) is 1.29. The molecule has 0 unspecified atom stereocenters. The molecule has 0 heterocycles. The van der Waals surface area contributed by atoms with E-state index >= 15 is 0 Å². The summed E-state index contributed by atoms with van der Waals surface area (Å²) in [7, 11) is 0. The minimum atomic E-state index is 0.686. The average Bonchev–Trinajstić information content (AvgIpc) is 2.15. The summed E-state index contributed by atoms with van der Waals surface area (Å²) in [5, 5.41) is 8.35. The molecule has 2 N–H and O–H groups in total. The van der Waals surface area contributed by atoms with E-state index in [4.69, 9.17) is 5.21 Å². The van der Waals surface area contributed by atoms with Crippen LogP contribution in [-0.2, 0) is 6.42 Å². The summed E-state index contributed by atoms with van der Waals surface area (Å²) < 4.78 is 0. The van der Waals surface area contributed by atoms with E-state index in [2.05, 4.69) is 36.7 Å². The summed E-state index contributed by atoms with van der Waals surface area (Å²) in [6, 6.07) is 8.61. The van der Waals surface area contributed by atoms with Gasteiger partial charge in [-0.25, -0.2) is 5.48 Å². The second-order valence-electron chi connectivity index (χ2n) is 3.35. The lowest BCUT2D eigenvalue weighted by atomic mass is 10.1. The Balaban J connectivity index is 2.25. The van der Waals surface area contributed by atoms with Crippen LogP contribution >= 0.6 is 0 Å². The van der Waals surface area contributed by atoms with Crippen molar-refractivity contribution in [3.05, 3.63) is 35.4 Å². The topological polar surface area (TPSA) is 32.3 Å². The molecule has 0 bridgehead atoms. The zero-order valence-electron chi connectivity index (χ0n) is 8.09. The molecule has 0 spiro atoms. The van der Waals surface area contributed by atoms with Crippen molar-refractivity contribution in [1.29, 1.82) is 0 Å². The molecule has 72 valence electrons. The van der Waals surface area contributed by atoms with Crippen molar-refractivity contribution in [1.82, 2.24) is 5.48 Å². The monoisotopic (exact) mass is 179 g/mol. The maximum Gasteiger partial charge on any atom is 0.0207 e. The number of hydrogen-bond acceptors (Lipinski definition) is 2. The van der Waals surface area contributed by atoms with E-state index in [1.807, 2.05) is 0 Å². The molecular weight excluding hydrogens is 162 g/mol. The summed E-state index contributed by atoms with van der Waals surface area (Å²) in [6.45, 7) is 2.78. The van der Waals surface area contributed by atoms with Crippen molar-refractivity contribution in [2.24, 2.45) is 0 Å². The maximum atomic E-state index is 8.35. The van der Waals surface area contributed by atoms with Crippen molar-refractivity contribution < 1.29 is 5.21 Å². The van der Waals surface area contributed by atoms with Crippen LogP contribution in [0.15, 0.2) is 24.3 Å². The lowest BCUT2D eigenvalue weighted by Crippen LogP contribution is -2.08. The maximum absolute atomic E-state index is 8.35. The molecule has 0 aliphatic carbocycles. The van der Waals surface area contributed by atoms with Crippen molar-refractivity contribution in [3.63, 3.8) is 0 Å². The Morgan fingerprint density at radius 3 is 2.46 bits per heavy atom. The molecular formula is C11H17NO. The van der Waals surface area contributed by atoms with Gasteiger partial charge in [0.15, 0.2) is 0 Å². The first-order valence-corrected chi connectivity index (χ1v) is 4.75. The third-order valence-electron chi connectivity index (χ3n) is 2.12. The average molecular weight is 179 g/mol. The highest BCUT2D eigenvalue weighted by molar-refractivity contribution is 5.21. The van der Waals surface area contributed by atoms with E-state index in [9.17, 15) is 0 Å². The highest BCUT2D eigenvalue weighted by Gasteiger charge is 1.92. The van der Waals surface area contributed by atoms with Crippen LogP contribution in [0.3, 0.4) is 0 Å². The fourth-order valence-electron chi connectivity index (χ4n) is 1.29. The molecule has 0 aromatic heterocycles. The summed E-state index contributed by atoms with van der Waals surface area (Å²) in [5.41, 5.74) is 4.85. The van der Waals surface area contributed by atoms with E-state index in [-0.39, 0.29) is 0 Å². The van der Waals surface area contributed by atoms with E-state index in [0.29, 0.717) is 6.54 Å². The molecule has 1 aromatic rings. The molecule has 0 atom stereocenters. The zero-order chi connectivity index (χ0) is 9.52. The van der Waals surface area contributed by atoms with Crippen LogP contribution in [0.4, 0.5) is 0 Å². The van der Waals surface area contributed by atoms with Gasteiger partial charge in [-0.2, -0.15) is 0 Å². The third kappa shape index (κ3) is 4.06. The van der Waals surface area contributed by atoms with Gasteiger partial charge in [-0.15, -0.1) is 0 Å². The van der Waals surface area contributed by atoms with Crippen LogP contribution in [-0.4, -0.2) is 11.8 Å². The van der Waals surface area contributed by atoms with E-state index < -0.39 is 0 Å². The Hall–Kier alpha value is -0.860. The van der Waals surface area contributed by atoms with E-state index in [1.54, 1.807) is 0 Å². The van der Waals surface area contributed by atoms with Crippen LogP contribution in [0.5, 0.6) is 0 Å². The van der Waals surface area contributed by atoms with Gasteiger partial charge in [-0.1, -0.05) is 29.8 Å². The van der Waals surface area contributed by atoms with Crippen LogP contribution in [0.25, 0.3) is 0 Å². The van der Waals surface area contributed by atoms with Crippen molar-refractivity contribution in [2.45, 2.75) is 26.2 Å². The molecule has 0 aliphatic rings. The zero-order valence-corrected chi connectivity index (χ0v) is 8.09. The molecule has 1 aromatic carbocycles. The number of rotatable bonds is 5. The quantitative estimate of drug-likeness (QED) is 0.537. The highest BCUT2D eigenvalue weighted by Crippen LogP contribution is 2.06. The molecule has 2 nitrogen and oxygen atoms in total. The Labute approximate surface area is 79.6 Å². The Morgan fingerprint density at radius 2 is 1.85 bits per heavy atom. The van der Waals surface area contributed by atoms with Crippen LogP contribution in [0, 0.1) is 6.92 Å². The lowest BCUT2D eigenvalue weighted by Gasteiger charge is -2.01. The number of unbranched alkanes of at least 4 members (excludes halogenated alkanes) is 1. The first kappa shape index (κ1) is 10.2. The standard InChI is InChI=1S/C11H17NO/c1-10-5-7-11(8-6-10)4-2-3-9-12-13/h5-8,12-13H,2-4,9H2,1H3. The highest BCUT2D eigenvalue weighted by atomic mass is 16.5. The molecule has 0 saturated heterocycles. The van der Waals surface area contributed by atoms with Gasteiger partial charge in [0, 0.05) is 6.54 Å². The first-order chi connectivity index (χ1) is 6.33. The van der Waals surface area contributed by atoms with Crippen molar-refractivity contribution in [2.75, 3.05) is 6.54 Å².